The predicted octanol–water partition coefficient (Wildman–Crippen LogP) is 4.20. The largest absolute Gasteiger partial charge is 0.399 e. The molecule has 5 atom stereocenters. The fraction of sp³-hybridized carbons (Fsp3) is 0.452. The third-order valence-corrected chi connectivity index (χ3v) is 11.4. The molecule has 4 N–H and O–H groups in total. The molecule has 5 rings (SSSR count). The third kappa shape index (κ3) is 5.03. The van der Waals surface area contributed by atoms with Gasteiger partial charge in [-0.1, -0.05) is 13.0 Å². The Bertz CT molecular complexity index is 1400. The minimum atomic E-state index is -3.47. The molecule has 42 heavy (non-hydrogen) atoms. The number of nitrogens with zero attached hydrogens (tertiary/aromatic N) is 2. The molecule has 9 nitrogen and oxygen atoms in total. The predicted molar refractivity (Wildman–Crippen MR) is 162 cm³/mol. The molecule has 0 bridgehead atoms. The molecule has 11 heteroatoms. The zero-order chi connectivity index (χ0) is 30.4. The Morgan fingerprint density at radius 3 is 2.62 bits per heavy atom. The van der Waals surface area contributed by atoms with Crippen molar-refractivity contribution < 1.29 is 28.3 Å². The van der Waals surface area contributed by atoms with E-state index in [9.17, 15) is 19.5 Å². The van der Waals surface area contributed by atoms with Gasteiger partial charge in [0.15, 0.2) is 5.60 Å². The summed E-state index contributed by atoms with van der Waals surface area (Å²) in [5, 5.41) is 12.7. The molecule has 0 saturated carbocycles. The number of aliphatic hydroxyl groups is 1. The minimum Gasteiger partial charge on any atom is -0.399 e. The van der Waals surface area contributed by atoms with E-state index in [0.29, 0.717) is 41.2 Å². The van der Waals surface area contributed by atoms with Crippen LogP contribution in [0.5, 0.6) is 0 Å². The summed E-state index contributed by atoms with van der Waals surface area (Å²) in [6, 6.07) is 11.5. The number of hydrogen-bond acceptors (Lipinski definition) is 6. The number of rotatable bonds is 8. The average molecular weight is 595 g/mol. The number of nitrogens with one attached hydrogen (secondary N) is 1. The van der Waals surface area contributed by atoms with Crippen LogP contribution in [0.3, 0.4) is 0 Å². The van der Waals surface area contributed by atoms with Crippen molar-refractivity contribution in [2.75, 3.05) is 35.6 Å². The highest BCUT2D eigenvalue weighted by Crippen LogP contribution is 2.60. The number of fused-ring (bicyclic) bond motifs is 2. The smallest absolute Gasteiger partial charge is 0.264 e. The molecule has 2 aromatic rings. The van der Waals surface area contributed by atoms with E-state index in [0.717, 1.165) is 6.42 Å². The Balaban J connectivity index is 1.53. The van der Waals surface area contributed by atoms with Crippen molar-refractivity contribution in [3.63, 3.8) is 0 Å². The molecular formula is C31H39FN4O5Si. The summed E-state index contributed by atoms with van der Waals surface area (Å²) in [5.41, 5.74) is 6.11. The fourth-order valence-electron chi connectivity index (χ4n) is 7.12. The molecule has 0 aliphatic carbocycles. The standard InChI is InChI=1S/C31H39FN4O5Si/c1-5-14-36-25-13-12-22(34-29(39)20-8-10-21(33)11-9-20)16-24(25)31(30(36)40)19(2)28(42(3,4)32)26(41-31)17-27(38)35-15-6-7-23(35)18-37/h5,8-13,16,19,23,26,28,37H,1,6-7,14-15,17-18,33H2,2-4H3,(H,34,39)/t19-,23-,26+,28-,31+/m0/s1. The molecule has 3 amide bonds. The van der Waals surface area contributed by atoms with Gasteiger partial charge in [0.2, 0.25) is 14.3 Å². The van der Waals surface area contributed by atoms with Crippen molar-refractivity contribution in [1.82, 2.24) is 4.90 Å². The van der Waals surface area contributed by atoms with Crippen molar-refractivity contribution in [2.24, 2.45) is 5.92 Å². The number of benzene rings is 2. The van der Waals surface area contributed by atoms with Crippen LogP contribution in [0.4, 0.5) is 21.2 Å². The highest BCUT2D eigenvalue weighted by molar-refractivity contribution is 6.72. The first-order chi connectivity index (χ1) is 19.9. The number of likely N-dealkylation sites (tertiary alicyclic amines) is 1. The number of hydrogen-bond donors (Lipinski definition) is 3. The van der Waals surface area contributed by atoms with Gasteiger partial charge in [-0.2, -0.15) is 0 Å². The van der Waals surface area contributed by atoms with Crippen LogP contribution in [0.15, 0.2) is 55.1 Å². The van der Waals surface area contributed by atoms with Gasteiger partial charge in [-0.15, -0.1) is 6.58 Å². The summed E-state index contributed by atoms with van der Waals surface area (Å²) in [4.78, 5) is 43.9. The summed E-state index contributed by atoms with van der Waals surface area (Å²) < 4.78 is 22.8. The van der Waals surface area contributed by atoms with Crippen LogP contribution in [-0.4, -0.2) is 68.0 Å². The molecule has 0 aromatic heterocycles. The number of aliphatic hydroxyl groups excluding tert-OH is 1. The monoisotopic (exact) mass is 594 g/mol. The number of anilines is 3. The van der Waals surface area contributed by atoms with Crippen LogP contribution in [0.2, 0.25) is 18.6 Å². The summed E-state index contributed by atoms with van der Waals surface area (Å²) in [6.07, 6.45) is 2.22. The maximum absolute atomic E-state index is 16.1. The summed E-state index contributed by atoms with van der Waals surface area (Å²) in [5.74, 6) is -1.47. The molecule has 2 fully saturated rings. The third-order valence-electron chi connectivity index (χ3n) is 8.99. The number of carbonyl (C=O) groups excluding carboxylic acids is 3. The van der Waals surface area contributed by atoms with Crippen molar-refractivity contribution in [3.8, 4) is 0 Å². The number of ether oxygens (including phenoxy) is 1. The van der Waals surface area contributed by atoms with Crippen molar-refractivity contribution in [2.45, 2.75) is 62.6 Å². The summed E-state index contributed by atoms with van der Waals surface area (Å²) in [7, 11) is -3.47. The number of nitrogens with two attached hydrogens (primary N) is 1. The quantitative estimate of drug-likeness (QED) is 0.182. The molecule has 3 heterocycles. The Labute approximate surface area is 246 Å². The molecule has 0 unspecified atom stereocenters. The van der Waals surface area contributed by atoms with E-state index in [-0.39, 0.29) is 43.3 Å². The van der Waals surface area contributed by atoms with E-state index < -0.39 is 31.6 Å². The molecule has 1 spiro atoms. The second-order valence-electron chi connectivity index (χ2n) is 12.1. The number of carbonyl (C=O) groups is 3. The van der Waals surface area contributed by atoms with E-state index in [1.54, 1.807) is 71.4 Å². The Morgan fingerprint density at radius 2 is 1.98 bits per heavy atom. The fourth-order valence-corrected chi connectivity index (χ4v) is 9.61. The van der Waals surface area contributed by atoms with E-state index in [1.807, 2.05) is 6.92 Å². The first-order valence-corrected chi connectivity index (χ1v) is 17.4. The van der Waals surface area contributed by atoms with Gasteiger partial charge in [0.25, 0.3) is 11.8 Å². The minimum absolute atomic E-state index is 0.0781. The van der Waals surface area contributed by atoms with Crippen LogP contribution < -0.4 is 16.0 Å². The number of halogens is 1. The van der Waals surface area contributed by atoms with Gasteiger partial charge in [0.05, 0.1) is 30.9 Å². The second-order valence-corrected chi connectivity index (χ2v) is 15.8. The van der Waals surface area contributed by atoms with Gasteiger partial charge < -0.3 is 34.8 Å². The average Bonchev–Trinajstić information content (AvgIpc) is 3.60. The first-order valence-electron chi connectivity index (χ1n) is 14.4. The van der Waals surface area contributed by atoms with Crippen molar-refractivity contribution >= 4 is 43.2 Å². The number of nitrogen functional groups attached to an aromatic ring is 1. The Hall–Kier alpha value is -3.54. The molecule has 2 saturated heterocycles. The summed E-state index contributed by atoms with van der Waals surface area (Å²) in [6.45, 7) is 9.44. The van der Waals surface area contributed by atoms with Gasteiger partial charge in [-0.25, -0.2) is 0 Å². The van der Waals surface area contributed by atoms with Crippen molar-refractivity contribution in [3.05, 3.63) is 66.2 Å². The lowest BCUT2D eigenvalue weighted by Crippen LogP contribution is -2.45. The highest BCUT2D eigenvalue weighted by atomic mass is 28.4. The van der Waals surface area contributed by atoms with Crippen LogP contribution in [-0.2, 0) is 19.9 Å². The first kappa shape index (κ1) is 29.9. The van der Waals surface area contributed by atoms with Gasteiger partial charge in [-0.05, 0) is 68.4 Å². The zero-order valence-corrected chi connectivity index (χ0v) is 25.3. The van der Waals surface area contributed by atoms with Crippen LogP contribution in [0.1, 0.15) is 42.1 Å². The lowest BCUT2D eigenvalue weighted by Gasteiger charge is -2.31. The normalized spacial score (nSPS) is 27.0. The Kier molecular flexibility index (Phi) is 8.03. The highest BCUT2D eigenvalue weighted by Gasteiger charge is 2.67. The second kappa shape index (κ2) is 11.3. The van der Waals surface area contributed by atoms with Gasteiger partial charge in [0.1, 0.15) is 0 Å². The lowest BCUT2D eigenvalue weighted by molar-refractivity contribution is -0.149. The van der Waals surface area contributed by atoms with Gasteiger partial charge in [-0.3, -0.25) is 14.4 Å². The number of amides is 3. The molecule has 0 radical (unpaired) electrons. The maximum atomic E-state index is 16.1. The molecule has 2 aromatic carbocycles. The SMILES string of the molecule is C=CCN1C(=O)[C@]2(O[C@H](CC(=O)N3CCC[C@H]3CO)[C@@H]([Si](C)(C)F)[C@@H]2C)c2cc(NC(=O)c3ccc(N)cc3)ccc21. The van der Waals surface area contributed by atoms with E-state index in [4.69, 9.17) is 10.5 Å². The van der Waals surface area contributed by atoms with Gasteiger partial charge >= 0.3 is 0 Å². The molecular weight excluding hydrogens is 555 g/mol. The van der Waals surface area contributed by atoms with Gasteiger partial charge in [0, 0.05) is 47.1 Å². The van der Waals surface area contributed by atoms with E-state index in [1.165, 1.54) is 0 Å². The molecule has 224 valence electrons. The summed E-state index contributed by atoms with van der Waals surface area (Å²) >= 11 is 0. The molecule has 3 aliphatic heterocycles. The zero-order valence-electron chi connectivity index (χ0n) is 24.3. The Morgan fingerprint density at radius 1 is 1.26 bits per heavy atom. The lowest BCUT2D eigenvalue weighted by atomic mass is 9.82. The van der Waals surface area contributed by atoms with E-state index in [2.05, 4.69) is 11.9 Å². The van der Waals surface area contributed by atoms with Crippen LogP contribution in [0.25, 0.3) is 0 Å². The van der Waals surface area contributed by atoms with Crippen molar-refractivity contribution in [1.29, 1.82) is 0 Å². The maximum Gasteiger partial charge on any atom is 0.264 e. The van der Waals surface area contributed by atoms with E-state index >= 15 is 4.11 Å². The van der Waals surface area contributed by atoms with Crippen LogP contribution >= 0.6 is 0 Å². The topological polar surface area (TPSA) is 125 Å². The van der Waals surface area contributed by atoms with Crippen LogP contribution in [0, 0.1) is 5.92 Å². The molecule has 3 aliphatic rings.